The van der Waals surface area contributed by atoms with Crippen LogP contribution < -0.4 is 10.6 Å². The molecule has 0 bridgehead atoms. The van der Waals surface area contributed by atoms with E-state index < -0.39 is 0 Å². The fraction of sp³-hybridized carbons (Fsp3) is 0.857. The van der Waals surface area contributed by atoms with Crippen molar-refractivity contribution in [3.63, 3.8) is 0 Å². The monoisotopic (exact) mass is 377 g/mol. The Labute approximate surface area is 162 Å². The second-order valence-corrected chi connectivity index (χ2v) is 9.89. The number of rotatable bonds is 8. The predicted octanol–water partition coefficient (Wildman–Crippen LogP) is 2.22. The molecule has 6 heteroatoms. The minimum Gasteiger partial charge on any atom is -0.353 e. The summed E-state index contributed by atoms with van der Waals surface area (Å²) in [6.07, 6.45) is 7.94. The van der Waals surface area contributed by atoms with Crippen molar-refractivity contribution in [3.05, 3.63) is 0 Å². The van der Waals surface area contributed by atoms with E-state index in [0.717, 1.165) is 25.7 Å². The van der Waals surface area contributed by atoms with E-state index in [1.54, 1.807) is 19.0 Å². The molecule has 3 saturated carbocycles. The first-order chi connectivity index (χ1) is 12.6. The number of nitrogens with one attached hydrogen (secondary N) is 2. The van der Waals surface area contributed by atoms with Gasteiger partial charge in [0.05, 0.1) is 0 Å². The standard InChI is InChI=1S/C21H35N3O3/c1-20(2,14-8-9-14)19(27)23-16-12-21(13-16)10-15(11-21)22-17(25)6-5-7-18(26)24(3)4/h14-16H,5-13H2,1-4H3,(H,22,25)(H,23,27). The molecule has 3 rings (SSSR count). The lowest BCUT2D eigenvalue weighted by molar-refractivity contribution is -0.134. The van der Waals surface area contributed by atoms with Crippen molar-refractivity contribution < 1.29 is 14.4 Å². The zero-order chi connectivity index (χ0) is 19.8. The van der Waals surface area contributed by atoms with Gasteiger partial charge in [-0.1, -0.05) is 13.8 Å². The summed E-state index contributed by atoms with van der Waals surface area (Å²) in [6, 6.07) is 0.575. The normalized spacial score (nSPS) is 29.5. The molecule has 0 aromatic rings. The lowest BCUT2D eigenvalue weighted by Gasteiger charge is -2.58. The highest BCUT2D eigenvalue weighted by Gasteiger charge is 2.54. The summed E-state index contributed by atoms with van der Waals surface area (Å²) in [5.74, 6) is 0.888. The number of nitrogens with zero attached hydrogens (tertiary/aromatic N) is 1. The molecule has 152 valence electrons. The Kier molecular flexibility index (Phi) is 5.55. The van der Waals surface area contributed by atoms with E-state index in [1.807, 2.05) is 0 Å². The van der Waals surface area contributed by atoms with Gasteiger partial charge in [0.2, 0.25) is 17.7 Å². The Morgan fingerprint density at radius 3 is 2.04 bits per heavy atom. The van der Waals surface area contributed by atoms with Gasteiger partial charge >= 0.3 is 0 Å². The van der Waals surface area contributed by atoms with Crippen LogP contribution in [-0.2, 0) is 14.4 Å². The van der Waals surface area contributed by atoms with Crippen LogP contribution in [0.1, 0.15) is 71.6 Å². The first-order valence-corrected chi connectivity index (χ1v) is 10.4. The van der Waals surface area contributed by atoms with Crippen LogP contribution in [0.25, 0.3) is 0 Å². The second-order valence-electron chi connectivity index (χ2n) is 9.89. The Morgan fingerprint density at radius 1 is 0.963 bits per heavy atom. The van der Waals surface area contributed by atoms with Crippen molar-refractivity contribution in [2.24, 2.45) is 16.7 Å². The van der Waals surface area contributed by atoms with Crippen LogP contribution >= 0.6 is 0 Å². The Morgan fingerprint density at radius 2 is 1.52 bits per heavy atom. The van der Waals surface area contributed by atoms with Crippen molar-refractivity contribution in [1.82, 2.24) is 15.5 Å². The third-order valence-corrected chi connectivity index (χ3v) is 6.89. The van der Waals surface area contributed by atoms with E-state index in [9.17, 15) is 14.4 Å². The van der Waals surface area contributed by atoms with Crippen LogP contribution in [0.3, 0.4) is 0 Å². The highest BCUT2D eigenvalue weighted by molar-refractivity contribution is 5.83. The Bertz CT molecular complexity index is 596. The van der Waals surface area contributed by atoms with Gasteiger partial charge in [0, 0.05) is 44.4 Å². The highest BCUT2D eigenvalue weighted by Crippen LogP contribution is 2.56. The minimum absolute atomic E-state index is 0.0526. The lowest BCUT2D eigenvalue weighted by Crippen LogP contribution is -2.62. The van der Waals surface area contributed by atoms with Gasteiger partial charge < -0.3 is 15.5 Å². The highest BCUT2D eigenvalue weighted by atomic mass is 16.2. The van der Waals surface area contributed by atoms with Crippen LogP contribution in [0, 0.1) is 16.7 Å². The van der Waals surface area contributed by atoms with Crippen molar-refractivity contribution in [2.45, 2.75) is 83.7 Å². The molecule has 0 aromatic heterocycles. The van der Waals surface area contributed by atoms with E-state index in [1.165, 1.54) is 12.8 Å². The first kappa shape index (κ1) is 20.2. The van der Waals surface area contributed by atoms with E-state index in [4.69, 9.17) is 0 Å². The maximum Gasteiger partial charge on any atom is 0.226 e. The van der Waals surface area contributed by atoms with Gasteiger partial charge in [0.1, 0.15) is 0 Å². The fourth-order valence-electron chi connectivity index (χ4n) is 4.79. The Hall–Kier alpha value is -1.59. The van der Waals surface area contributed by atoms with E-state index >= 15 is 0 Å². The molecule has 0 saturated heterocycles. The van der Waals surface area contributed by atoms with Crippen molar-refractivity contribution in [1.29, 1.82) is 0 Å². The van der Waals surface area contributed by atoms with Gasteiger partial charge in [-0.15, -0.1) is 0 Å². The first-order valence-electron chi connectivity index (χ1n) is 10.4. The van der Waals surface area contributed by atoms with Gasteiger partial charge in [0.15, 0.2) is 0 Å². The molecule has 0 radical (unpaired) electrons. The Balaban J connectivity index is 1.29. The molecule has 3 amide bonds. The van der Waals surface area contributed by atoms with Crippen molar-refractivity contribution >= 4 is 17.7 Å². The molecule has 2 N–H and O–H groups in total. The smallest absolute Gasteiger partial charge is 0.226 e. The maximum atomic E-state index is 12.5. The SMILES string of the molecule is CN(C)C(=O)CCCC(=O)NC1CC2(C1)CC(NC(=O)C(C)(C)C1CC1)C2. The average Bonchev–Trinajstić information content (AvgIpc) is 3.35. The van der Waals surface area contributed by atoms with Crippen molar-refractivity contribution in [2.75, 3.05) is 14.1 Å². The number of carbonyl (C=O) groups excluding carboxylic acids is 3. The molecular weight excluding hydrogens is 342 g/mol. The van der Waals surface area contributed by atoms with Crippen LogP contribution in [-0.4, -0.2) is 48.8 Å². The van der Waals surface area contributed by atoms with Gasteiger partial charge in [-0.25, -0.2) is 0 Å². The molecule has 0 atom stereocenters. The molecule has 0 aliphatic heterocycles. The molecule has 0 aromatic carbocycles. The zero-order valence-electron chi connectivity index (χ0n) is 17.3. The molecule has 0 heterocycles. The van der Waals surface area contributed by atoms with Gasteiger partial charge in [-0.2, -0.15) is 0 Å². The van der Waals surface area contributed by atoms with Crippen LogP contribution in [0.15, 0.2) is 0 Å². The molecule has 3 aliphatic rings. The van der Waals surface area contributed by atoms with Gasteiger partial charge in [-0.3, -0.25) is 14.4 Å². The second kappa shape index (κ2) is 7.44. The van der Waals surface area contributed by atoms with E-state index in [2.05, 4.69) is 24.5 Å². The largest absolute Gasteiger partial charge is 0.353 e. The predicted molar refractivity (Wildman–Crippen MR) is 104 cm³/mol. The number of hydrogen-bond donors (Lipinski definition) is 2. The van der Waals surface area contributed by atoms with Crippen molar-refractivity contribution in [3.8, 4) is 0 Å². The van der Waals surface area contributed by atoms with Crippen LogP contribution in [0.4, 0.5) is 0 Å². The summed E-state index contributed by atoms with van der Waals surface area (Å²) >= 11 is 0. The van der Waals surface area contributed by atoms with Gasteiger partial charge in [0.25, 0.3) is 0 Å². The van der Waals surface area contributed by atoms with Crippen LogP contribution in [0.5, 0.6) is 0 Å². The van der Waals surface area contributed by atoms with E-state index in [0.29, 0.717) is 36.6 Å². The lowest BCUT2D eigenvalue weighted by atomic mass is 9.52. The summed E-state index contributed by atoms with van der Waals surface area (Å²) < 4.78 is 0. The minimum atomic E-state index is -0.229. The summed E-state index contributed by atoms with van der Waals surface area (Å²) in [5, 5.41) is 6.34. The quantitative estimate of drug-likeness (QED) is 0.681. The summed E-state index contributed by atoms with van der Waals surface area (Å²) in [5.41, 5.74) is 0.105. The molecule has 27 heavy (non-hydrogen) atoms. The summed E-state index contributed by atoms with van der Waals surface area (Å²) in [7, 11) is 3.47. The summed E-state index contributed by atoms with van der Waals surface area (Å²) in [4.78, 5) is 37.6. The topological polar surface area (TPSA) is 78.5 Å². The third-order valence-electron chi connectivity index (χ3n) is 6.89. The third kappa shape index (κ3) is 4.64. The molecule has 1 spiro atoms. The summed E-state index contributed by atoms with van der Waals surface area (Å²) in [6.45, 7) is 4.13. The van der Waals surface area contributed by atoms with Crippen LogP contribution in [0.2, 0.25) is 0 Å². The average molecular weight is 378 g/mol. The van der Waals surface area contributed by atoms with Gasteiger partial charge in [-0.05, 0) is 56.3 Å². The maximum absolute atomic E-state index is 12.5. The molecular formula is C21H35N3O3. The molecule has 3 aliphatic carbocycles. The van der Waals surface area contributed by atoms with E-state index in [-0.39, 0.29) is 29.2 Å². The molecule has 6 nitrogen and oxygen atoms in total. The number of carbonyl (C=O) groups is 3. The number of hydrogen-bond acceptors (Lipinski definition) is 3. The molecule has 3 fully saturated rings. The fourth-order valence-corrected chi connectivity index (χ4v) is 4.79. The number of amides is 3. The zero-order valence-corrected chi connectivity index (χ0v) is 17.3. The molecule has 0 unspecified atom stereocenters.